The van der Waals surface area contributed by atoms with Crippen LogP contribution in [0.25, 0.3) is 0 Å². The molecule has 3 aromatic rings. The number of hydrogen-bond acceptors (Lipinski definition) is 7. The van der Waals surface area contributed by atoms with Crippen LogP contribution in [0, 0.1) is 6.92 Å². The predicted molar refractivity (Wildman–Crippen MR) is 124 cm³/mol. The Hall–Kier alpha value is -3.85. The summed E-state index contributed by atoms with van der Waals surface area (Å²) in [5, 5.41) is 4.23. The summed E-state index contributed by atoms with van der Waals surface area (Å²) in [6.07, 6.45) is 0. The molecule has 33 heavy (non-hydrogen) atoms. The number of benzene rings is 3. The second-order valence-corrected chi connectivity index (χ2v) is 8.67. The molecule has 172 valence electrons. The first-order chi connectivity index (χ1) is 15.8. The van der Waals surface area contributed by atoms with E-state index in [0.717, 1.165) is 5.56 Å². The fraction of sp³-hybridized carbons (Fsp3) is 0.167. The van der Waals surface area contributed by atoms with Crippen LogP contribution in [0.1, 0.15) is 27.0 Å². The zero-order valence-corrected chi connectivity index (χ0v) is 19.5. The van der Waals surface area contributed by atoms with Crippen molar-refractivity contribution < 1.29 is 27.4 Å². The molecule has 1 N–H and O–H groups in total. The molecule has 0 amide bonds. The number of nitrogens with zero attached hydrogens (tertiary/aromatic N) is 1. The first-order valence-electron chi connectivity index (χ1n) is 9.86. The molecule has 0 saturated heterocycles. The minimum Gasteiger partial charge on any atom is -0.493 e. The third-order valence-electron chi connectivity index (χ3n) is 4.85. The van der Waals surface area contributed by atoms with E-state index in [1.54, 1.807) is 54.6 Å². The molecule has 0 radical (unpaired) electrons. The number of carbonyl (C=O) groups excluding carboxylic acids is 1. The summed E-state index contributed by atoms with van der Waals surface area (Å²) in [5.41, 5.74) is 2.76. The number of hydrogen-bond donors (Lipinski definition) is 1. The summed E-state index contributed by atoms with van der Waals surface area (Å²) in [4.78, 5) is 14.2. The van der Waals surface area contributed by atoms with Crippen LogP contribution in [0.4, 0.5) is 0 Å². The Morgan fingerprint density at radius 1 is 0.788 bits per heavy atom. The van der Waals surface area contributed by atoms with Crippen molar-refractivity contribution in [2.45, 2.75) is 11.8 Å². The van der Waals surface area contributed by atoms with Gasteiger partial charge in [0.2, 0.25) is 0 Å². The highest BCUT2D eigenvalue weighted by molar-refractivity contribution is 7.89. The molecule has 8 nitrogen and oxygen atoms in total. The molecule has 0 saturated carbocycles. The van der Waals surface area contributed by atoms with Crippen molar-refractivity contribution in [2.75, 3.05) is 21.3 Å². The van der Waals surface area contributed by atoms with Crippen LogP contribution in [0.3, 0.4) is 0 Å². The summed E-state index contributed by atoms with van der Waals surface area (Å²) in [6, 6.07) is 18.0. The highest BCUT2D eigenvalue weighted by Gasteiger charge is 2.17. The van der Waals surface area contributed by atoms with Crippen molar-refractivity contribution in [3.63, 3.8) is 0 Å². The highest BCUT2D eigenvalue weighted by Crippen LogP contribution is 2.29. The number of methoxy groups -OCH3 is 3. The van der Waals surface area contributed by atoms with Crippen molar-refractivity contribution in [3.8, 4) is 11.5 Å². The van der Waals surface area contributed by atoms with Gasteiger partial charge < -0.3 is 14.2 Å². The molecule has 3 aromatic carbocycles. The van der Waals surface area contributed by atoms with Crippen LogP contribution in [0.15, 0.2) is 76.7 Å². The fourth-order valence-corrected chi connectivity index (χ4v) is 3.85. The van der Waals surface area contributed by atoms with Gasteiger partial charge in [-0.15, -0.1) is 0 Å². The zero-order valence-electron chi connectivity index (χ0n) is 18.7. The van der Waals surface area contributed by atoms with Gasteiger partial charge in [-0.2, -0.15) is 18.4 Å². The smallest absolute Gasteiger partial charge is 0.337 e. The number of sulfonamides is 1. The SMILES string of the molecule is COC(=O)c1ccc(/C(=N\NS(=O)(=O)c2ccc(C)cc2)c2ccc(OC)c(OC)c2)cc1. The van der Waals surface area contributed by atoms with E-state index in [9.17, 15) is 13.2 Å². The van der Waals surface area contributed by atoms with Gasteiger partial charge in [-0.3, -0.25) is 0 Å². The van der Waals surface area contributed by atoms with Crippen molar-refractivity contribution >= 4 is 21.7 Å². The van der Waals surface area contributed by atoms with Crippen molar-refractivity contribution in [2.24, 2.45) is 5.10 Å². The van der Waals surface area contributed by atoms with Crippen molar-refractivity contribution in [1.82, 2.24) is 4.83 Å². The minimum atomic E-state index is -3.91. The van der Waals surface area contributed by atoms with Crippen LogP contribution in [0.2, 0.25) is 0 Å². The number of rotatable bonds is 8. The number of carbonyl (C=O) groups is 1. The molecule has 9 heteroatoms. The molecule has 3 rings (SSSR count). The molecule has 0 aromatic heterocycles. The van der Waals surface area contributed by atoms with Crippen LogP contribution in [-0.4, -0.2) is 41.4 Å². The fourth-order valence-electron chi connectivity index (χ4n) is 3.04. The Balaban J connectivity index is 2.07. The summed E-state index contributed by atoms with van der Waals surface area (Å²) in [6.45, 7) is 1.87. The standard InChI is InChI=1S/C24H24N2O6S/c1-16-5-12-20(13-6-16)33(28,29)26-25-23(17-7-9-18(10-8-17)24(27)32-4)19-11-14-21(30-2)22(15-19)31-3/h5-15,26H,1-4H3/b25-23+. The quantitative estimate of drug-likeness (QED) is 0.308. The van der Waals surface area contributed by atoms with Gasteiger partial charge in [-0.05, 0) is 49.4 Å². The van der Waals surface area contributed by atoms with Gasteiger partial charge in [0.25, 0.3) is 10.0 Å². The van der Waals surface area contributed by atoms with E-state index in [2.05, 4.69) is 9.93 Å². The second kappa shape index (κ2) is 10.2. The lowest BCUT2D eigenvalue weighted by Crippen LogP contribution is -2.21. The Labute approximate surface area is 192 Å². The molecular formula is C24H24N2O6S. The maximum absolute atomic E-state index is 12.8. The predicted octanol–water partition coefficient (Wildman–Crippen LogP) is 3.53. The van der Waals surface area contributed by atoms with Gasteiger partial charge in [0.15, 0.2) is 11.5 Å². The van der Waals surface area contributed by atoms with Crippen molar-refractivity contribution in [1.29, 1.82) is 0 Å². The Morgan fingerprint density at radius 2 is 1.36 bits per heavy atom. The number of hydrazone groups is 1. The largest absolute Gasteiger partial charge is 0.493 e. The molecule has 0 fully saturated rings. The summed E-state index contributed by atoms with van der Waals surface area (Å²) in [7, 11) is 0.414. The summed E-state index contributed by atoms with van der Waals surface area (Å²) in [5.74, 6) is 0.489. The average molecular weight is 469 g/mol. The maximum Gasteiger partial charge on any atom is 0.337 e. The molecule has 0 atom stereocenters. The van der Waals surface area contributed by atoms with E-state index < -0.39 is 16.0 Å². The van der Waals surface area contributed by atoms with Crippen LogP contribution >= 0.6 is 0 Å². The molecule has 0 aliphatic heterocycles. The van der Waals surface area contributed by atoms with Gasteiger partial charge in [0.1, 0.15) is 0 Å². The van der Waals surface area contributed by atoms with Crippen LogP contribution in [0.5, 0.6) is 11.5 Å². The molecule has 0 unspecified atom stereocenters. The molecular weight excluding hydrogens is 444 g/mol. The number of nitrogens with one attached hydrogen (secondary N) is 1. The lowest BCUT2D eigenvalue weighted by molar-refractivity contribution is 0.0600. The van der Waals surface area contributed by atoms with E-state index in [-0.39, 0.29) is 4.90 Å². The molecule has 0 aliphatic carbocycles. The van der Waals surface area contributed by atoms with E-state index in [1.807, 2.05) is 6.92 Å². The monoisotopic (exact) mass is 468 g/mol. The third kappa shape index (κ3) is 5.50. The minimum absolute atomic E-state index is 0.0875. The van der Waals surface area contributed by atoms with Gasteiger partial charge in [-0.25, -0.2) is 4.79 Å². The van der Waals surface area contributed by atoms with E-state index in [0.29, 0.717) is 33.9 Å². The molecule has 0 spiro atoms. The van der Waals surface area contributed by atoms with Gasteiger partial charge in [0.05, 0.1) is 37.5 Å². The van der Waals surface area contributed by atoms with E-state index >= 15 is 0 Å². The van der Waals surface area contributed by atoms with Gasteiger partial charge in [0, 0.05) is 11.1 Å². The first kappa shape index (κ1) is 23.8. The lowest BCUT2D eigenvalue weighted by atomic mass is 10.0. The second-order valence-electron chi connectivity index (χ2n) is 7.01. The number of aryl methyl sites for hydroxylation is 1. The van der Waals surface area contributed by atoms with Crippen molar-refractivity contribution in [3.05, 3.63) is 89.0 Å². The molecule has 0 heterocycles. The van der Waals surface area contributed by atoms with Gasteiger partial charge in [-0.1, -0.05) is 29.8 Å². The third-order valence-corrected chi connectivity index (χ3v) is 6.07. The van der Waals surface area contributed by atoms with Crippen LogP contribution < -0.4 is 14.3 Å². The zero-order chi connectivity index (χ0) is 24.0. The van der Waals surface area contributed by atoms with E-state index in [4.69, 9.17) is 14.2 Å². The Bertz CT molecular complexity index is 1270. The average Bonchev–Trinajstić information content (AvgIpc) is 2.84. The first-order valence-corrected chi connectivity index (χ1v) is 11.3. The normalized spacial score (nSPS) is 11.6. The Kier molecular flexibility index (Phi) is 7.34. The van der Waals surface area contributed by atoms with E-state index in [1.165, 1.54) is 33.5 Å². The van der Waals surface area contributed by atoms with Gasteiger partial charge >= 0.3 is 5.97 Å². The number of ether oxygens (including phenoxy) is 3. The highest BCUT2D eigenvalue weighted by atomic mass is 32.2. The Morgan fingerprint density at radius 3 is 1.94 bits per heavy atom. The number of esters is 1. The topological polar surface area (TPSA) is 103 Å². The maximum atomic E-state index is 12.8. The summed E-state index contributed by atoms with van der Waals surface area (Å²) < 4.78 is 41.0. The lowest BCUT2D eigenvalue weighted by Gasteiger charge is -2.13. The summed E-state index contributed by atoms with van der Waals surface area (Å²) >= 11 is 0. The molecule has 0 bridgehead atoms. The van der Waals surface area contributed by atoms with Crippen LogP contribution in [-0.2, 0) is 14.8 Å². The molecule has 0 aliphatic rings.